The highest BCUT2D eigenvalue weighted by atomic mass is 16.2. The average molecular weight is 352 g/mol. The standard InChI is InChI=1S/C24H20N2O/c1-15-11-12-17(13-16(15)2)21-14-23-18-7-3-4-8-19(18)24(27)26(23)22-10-6-5-9-20(22)25-21/h3-13,23H,14H2,1-2H3. The number of benzene rings is 3. The summed E-state index contributed by atoms with van der Waals surface area (Å²) in [5.41, 5.74) is 8.34. The van der Waals surface area contributed by atoms with E-state index in [1.54, 1.807) is 0 Å². The highest BCUT2D eigenvalue weighted by molar-refractivity contribution is 6.15. The van der Waals surface area contributed by atoms with Crippen molar-refractivity contribution in [2.75, 3.05) is 4.90 Å². The van der Waals surface area contributed by atoms with Gasteiger partial charge in [0.05, 0.1) is 23.1 Å². The molecule has 0 radical (unpaired) electrons. The van der Waals surface area contributed by atoms with Gasteiger partial charge in [0, 0.05) is 12.0 Å². The number of hydrogen-bond donors (Lipinski definition) is 0. The van der Waals surface area contributed by atoms with Gasteiger partial charge < -0.3 is 0 Å². The lowest BCUT2D eigenvalue weighted by atomic mass is 9.95. The molecule has 3 aromatic carbocycles. The third kappa shape index (κ3) is 2.42. The number of carbonyl (C=O) groups is 1. The number of hydrogen-bond acceptors (Lipinski definition) is 2. The summed E-state index contributed by atoms with van der Waals surface area (Å²) >= 11 is 0. The smallest absolute Gasteiger partial charge is 0.259 e. The molecule has 0 aliphatic carbocycles. The summed E-state index contributed by atoms with van der Waals surface area (Å²) in [7, 11) is 0. The van der Waals surface area contributed by atoms with Gasteiger partial charge >= 0.3 is 0 Å². The van der Waals surface area contributed by atoms with Gasteiger partial charge in [0.2, 0.25) is 0 Å². The van der Waals surface area contributed by atoms with Crippen LogP contribution >= 0.6 is 0 Å². The van der Waals surface area contributed by atoms with Crippen molar-refractivity contribution >= 4 is 23.0 Å². The van der Waals surface area contributed by atoms with Crippen LogP contribution in [0.4, 0.5) is 11.4 Å². The van der Waals surface area contributed by atoms with Crippen LogP contribution in [0.5, 0.6) is 0 Å². The van der Waals surface area contributed by atoms with Crippen LogP contribution < -0.4 is 4.90 Å². The fourth-order valence-electron chi connectivity index (χ4n) is 4.11. The van der Waals surface area contributed by atoms with Crippen LogP contribution in [-0.4, -0.2) is 11.6 Å². The van der Waals surface area contributed by atoms with Gasteiger partial charge in [-0.05, 0) is 60.4 Å². The summed E-state index contributed by atoms with van der Waals surface area (Å²) in [5.74, 6) is 0.0691. The SMILES string of the molecule is Cc1ccc(C2=Nc3ccccc3N3C(=O)c4ccccc4C3C2)cc1C. The summed E-state index contributed by atoms with van der Waals surface area (Å²) in [6, 6.07) is 22.4. The molecule has 3 aromatic rings. The molecule has 132 valence electrons. The molecule has 0 N–H and O–H groups in total. The molecule has 5 rings (SSSR count). The third-order valence-electron chi connectivity index (χ3n) is 5.70. The van der Waals surface area contributed by atoms with E-state index in [1.165, 1.54) is 11.1 Å². The number of fused-ring (bicyclic) bond motifs is 5. The molecule has 2 heterocycles. The van der Waals surface area contributed by atoms with Crippen molar-refractivity contribution < 1.29 is 4.79 Å². The van der Waals surface area contributed by atoms with E-state index < -0.39 is 0 Å². The van der Waals surface area contributed by atoms with Crippen molar-refractivity contribution in [1.82, 2.24) is 0 Å². The van der Waals surface area contributed by atoms with E-state index in [1.807, 2.05) is 47.4 Å². The second kappa shape index (κ2) is 5.92. The van der Waals surface area contributed by atoms with E-state index in [-0.39, 0.29) is 11.9 Å². The van der Waals surface area contributed by atoms with Gasteiger partial charge in [-0.1, -0.05) is 42.5 Å². The van der Waals surface area contributed by atoms with Crippen LogP contribution in [0.3, 0.4) is 0 Å². The predicted molar refractivity (Wildman–Crippen MR) is 109 cm³/mol. The quantitative estimate of drug-likeness (QED) is 0.567. The monoisotopic (exact) mass is 352 g/mol. The van der Waals surface area contributed by atoms with E-state index in [9.17, 15) is 4.79 Å². The normalized spacial score (nSPS) is 17.7. The summed E-state index contributed by atoms with van der Waals surface area (Å²) < 4.78 is 0. The molecule has 3 heteroatoms. The van der Waals surface area contributed by atoms with Gasteiger partial charge in [0.15, 0.2) is 0 Å². The van der Waals surface area contributed by atoms with Crippen LogP contribution in [0.15, 0.2) is 71.7 Å². The zero-order valence-corrected chi connectivity index (χ0v) is 15.4. The molecule has 0 saturated carbocycles. The number of aliphatic imine (C=N–C) groups is 1. The maximum Gasteiger partial charge on any atom is 0.259 e. The lowest BCUT2D eigenvalue weighted by Gasteiger charge is -2.24. The Morgan fingerprint density at radius 2 is 1.70 bits per heavy atom. The highest BCUT2D eigenvalue weighted by Gasteiger charge is 2.40. The van der Waals surface area contributed by atoms with Gasteiger partial charge in [-0.25, -0.2) is 0 Å². The van der Waals surface area contributed by atoms with Crippen LogP contribution in [0, 0.1) is 13.8 Å². The van der Waals surface area contributed by atoms with Crippen LogP contribution in [-0.2, 0) is 0 Å². The third-order valence-corrected chi connectivity index (χ3v) is 5.70. The Hall–Kier alpha value is -3.20. The summed E-state index contributed by atoms with van der Waals surface area (Å²) in [6.45, 7) is 4.25. The predicted octanol–water partition coefficient (Wildman–Crippen LogP) is 5.53. The Morgan fingerprint density at radius 1 is 0.926 bits per heavy atom. The van der Waals surface area contributed by atoms with Crippen molar-refractivity contribution in [1.29, 1.82) is 0 Å². The minimum atomic E-state index is -0.0160. The number of rotatable bonds is 1. The maximum absolute atomic E-state index is 13.2. The number of anilines is 1. The van der Waals surface area contributed by atoms with Crippen molar-refractivity contribution in [3.05, 3.63) is 94.5 Å². The highest BCUT2D eigenvalue weighted by Crippen LogP contribution is 2.45. The molecule has 1 unspecified atom stereocenters. The molecule has 2 aliphatic rings. The lowest BCUT2D eigenvalue weighted by Crippen LogP contribution is -2.28. The molecule has 0 saturated heterocycles. The van der Waals surface area contributed by atoms with Gasteiger partial charge in [0.1, 0.15) is 0 Å². The van der Waals surface area contributed by atoms with Gasteiger partial charge in [-0.2, -0.15) is 0 Å². The molecule has 0 bridgehead atoms. The maximum atomic E-state index is 13.2. The number of carbonyl (C=O) groups excluding carboxylic acids is 1. The molecule has 1 atom stereocenters. The summed E-state index contributed by atoms with van der Waals surface area (Å²) in [4.78, 5) is 20.1. The number of aryl methyl sites for hydroxylation is 2. The zero-order chi connectivity index (χ0) is 18.5. The van der Waals surface area contributed by atoms with E-state index in [4.69, 9.17) is 4.99 Å². The fraction of sp³-hybridized carbons (Fsp3) is 0.167. The van der Waals surface area contributed by atoms with Crippen molar-refractivity contribution in [2.45, 2.75) is 26.3 Å². The minimum absolute atomic E-state index is 0.0160. The topological polar surface area (TPSA) is 32.7 Å². The molecule has 0 aromatic heterocycles. The Bertz CT molecular complexity index is 1110. The Balaban J connectivity index is 1.72. The van der Waals surface area contributed by atoms with Crippen LogP contribution in [0.2, 0.25) is 0 Å². The molecule has 0 fully saturated rings. The van der Waals surface area contributed by atoms with Crippen LogP contribution in [0.1, 0.15) is 45.1 Å². The molecule has 2 aliphatic heterocycles. The van der Waals surface area contributed by atoms with Crippen molar-refractivity contribution in [3.63, 3.8) is 0 Å². The van der Waals surface area contributed by atoms with Gasteiger partial charge in [-0.3, -0.25) is 14.7 Å². The van der Waals surface area contributed by atoms with Gasteiger partial charge in [-0.15, -0.1) is 0 Å². The van der Waals surface area contributed by atoms with E-state index in [2.05, 4.69) is 38.1 Å². The van der Waals surface area contributed by atoms with Crippen LogP contribution in [0.25, 0.3) is 0 Å². The minimum Gasteiger partial charge on any atom is -0.298 e. The first kappa shape index (κ1) is 16.0. The number of amides is 1. The van der Waals surface area contributed by atoms with E-state index in [0.717, 1.165) is 33.8 Å². The Kier molecular flexibility index (Phi) is 3.51. The van der Waals surface area contributed by atoms with Gasteiger partial charge in [0.25, 0.3) is 5.91 Å². The number of para-hydroxylation sites is 2. The second-order valence-corrected chi connectivity index (χ2v) is 7.33. The zero-order valence-electron chi connectivity index (χ0n) is 15.4. The first-order chi connectivity index (χ1) is 13.1. The number of nitrogens with zero attached hydrogens (tertiary/aromatic N) is 2. The van der Waals surface area contributed by atoms with E-state index >= 15 is 0 Å². The van der Waals surface area contributed by atoms with Crippen molar-refractivity contribution in [3.8, 4) is 0 Å². The molecule has 1 amide bonds. The molecule has 0 spiro atoms. The molecule has 3 nitrogen and oxygen atoms in total. The molecule has 27 heavy (non-hydrogen) atoms. The van der Waals surface area contributed by atoms with E-state index in [0.29, 0.717) is 6.42 Å². The summed E-state index contributed by atoms with van der Waals surface area (Å²) in [5, 5.41) is 0. The Morgan fingerprint density at radius 3 is 2.56 bits per heavy atom. The first-order valence-corrected chi connectivity index (χ1v) is 9.30. The summed E-state index contributed by atoms with van der Waals surface area (Å²) in [6.07, 6.45) is 0.708. The van der Waals surface area contributed by atoms with Crippen molar-refractivity contribution in [2.24, 2.45) is 4.99 Å². The largest absolute Gasteiger partial charge is 0.298 e. The average Bonchev–Trinajstić information content (AvgIpc) is 2.85. The second-order valence-electron chi connectivity index (χ2n) is 7.33. The Labute approximate surface area is 159 Å². The fourth-order valence-corrected chi connectivity index (χ4v) is 4.11. The molecular weight excluding hydrogens is 332 g/mol. The lowest BCUT2D eigenvalue weighted by molar-refractivity contribution is 0.0992. The molecular formula is C24H20N2O. The first-order valence-electron chi connectivity index (χ1n) is 9.30.